The highest BCUT2D eigenvalue weighted by molar-refractivity contribution is 7.85. The molecule has 6 rings (SSSR count). The largest absolute Gasteiger partial charge is 0.380 e. The maximum Gasteiger partial charge on any atom is 0.131 e. The topological polar surface area (TPSA) is 57.7 Å². The Morgan fingerprint density at radius 3 is 2.76 bits per heavy atom. The Kier molecular flexibility index (Phi) is 5.16. The summed E-state index contributed by atoms with van der Waals surface area (Å²) in [7, 11) is 1.08. The number of aromatic nitrogens is 1. The minimum atomic E-state index is -0.977. The van der Waals surface area contributed by atoms with Crippen LogP contribution < -0.4 is 15.1 Å². The summed E-state index contributed by atoms with van der Waals surface area (Å²) >= 11 is 0. The van der Waals surface area contributed by atoms with E-state index in [1.165, 1.54) is 16.6 Å². The summed E-state index contributed by atoms with van der Waals surface area (Å²) in [6.07, 6.45) is 0. The van der Waals surface area contributed by atoms with Crippen LogP contribution >= 0.6 is 0 Å². The first-order chi connectivity index (χ1) is 16.1. The Morgan fingerprint density at radius 1 is 1.15 bits per heavy atom. The molecule has 2 aromatic carbocycles. The van der Waals surface area contributed by atoms with Gasteiger partial charge in [0.2, 0.25) is 0 Å². The van der Waals surface area contributed by atoms with Crippen molar-refractivity contribution in [2.24, 2.45) is 5.41 Å². The maximum atomic E-state index is 12.8. The van der Waals surface area contributed by atoms with Crippen LogP contribution in [0.5, 0.6) is 0 Å². The summed E-state index contributed by atoms with van der Waals surface area (Å²) in [5.41, 5.74) is 4.80. The van der Waals surface area contributed by atoms with E-state index in [2.05, 4.69) is 59.4 Å². The smallest absolute Gasteiger partial charge is 0.131 e. The molecule has 0 bridgehead atoms. The second-order valence-corrected chi connectivity index (χ2v) is 11.2. The van der Waals surface area contributed by atoms with Gasteiger partial charge in [0, 0.05) is 60.0 Å². The summed E-state index contributed by atoms with van der Waals surface area (Å²) in [6.45, 7) is 7.17. The fourth-order valence-electron chi connectivity index (χ4n) is 5.58. The number of pyridine rings is 1. The molecule has 7 heteroatoms. The highest BCUT2D eigenvalue weighted by Crippen LogP contribution is 2.42. The summed E-state index contributed by atoms with van der Waals surface area (Å²) in [6, 6.07) is 17.3. The number of rotatable bonds is 3. The van der Waals surface area contributed by atoms with Gasteiger partial charge in [0.05, 0.1) is 34.9 Å². The average molecular weight is 463 g/mol. The Balaban J connectivity index is 1.43. The van der Waals surface area contributed by atoms with Crippen LogP contribution in [0.4, 0.5) is 11.5 Å². The van der Waals surface area contributed by atoms with Crippen molar-refractivity contribution in [2.75, 3.05) is 55.4 Å². The zero-order valence-electron chi connectivity index (χ0n) is 19.2. The van der Waals surface area contributed by atoms with E-state index >= 15 is 0 Å². The number of aryl methyl sites for hydroxylation is 1. The molecule has 3 aromatic rings. The molecule has 3 aliphatic heterocycles. The molecule has 1 spiro atoms. The van der Waals surface area contributed by atoms with Crippen LogP contribution in [0.3, 0.4) is 0 Å². The lowest BCUT2D eigenvalue weighted by Gasteiger charge is -2.42. The molecule has 172 valence electrons. The van der Waals surface area contributed by atoms with E-state index in [1.807, 2.05) is 18.2 Å². The van der Waals surface area contributed by atoms with Crippen molar-refractivity contribution < 1.29 is 8.95 Å². The van der Waals surface area contributed by atoms with Gasteiger partial charge < -0.3 is 19.9 Å². The van der Waals surface area contributed by atoms with E-state index in [0.717, 1.165) is 61.2 Å². The Bertz CT molecular complexity index is 1240. The van der Waals surface area contributed by atoms with Gasteiger partial charge in [0.1, 0.15) is 5.82 Å². The molecule has 2 fully saturated rings. The number of nitrogens with zero attached hydrogens (tertiary/aromatic N) is 3. The fraction of sp³-hybridized carbons (Fsp3) is 0.423. The van der Waals surface area contributed by atoms with Crippen molar-refractivity contribution in [3.8, 4) is 0 Å². The summed E-state index contributed by atoms with van der Waals surface area (Å²) in [5.74, 6) is 1.58. The first-order valence-corrected chi connectivity index (χ1v) is 13.0. The van der Waals surface area contributed by atoms with Gasteiger partial charge in [-0.2, -0.15) is 0 Å². The zero-order chi connectivity index (χ0) is 22.6. The summed E-state index contributed by atoms with van der Waals surface area (Å²) < 4.78 is 18.5. The molecule has 1 aromatic heterocycles. The monoisotopic (exact) mass is 462 g/mol. The third kappa shape index (κ3) is 3.54. The van der Waals surface area contributed by atoms with E-state index < -0.39 is 10.8 Å². The number of hydrogen-bond donors (Lipinski definition) is 1. The lowest BCUT2D eigenvalue weighted by Crippen LogP contribution is -2.55. The molecule has 3 aliphatic rings. The van der Waals surface area contributed by atoms with E-state index in [9.17, 15) is 4.21 Å². The Morgan fingerprint density at radius 2 is 2.00 bits per heavy atom. The predicted octanol–water partition coefficient (Wildman–Crippen LogP) is 3.10. The second kappa shape index (κ2) is 8.08. The van der Waals surface area contributed by atoms with Gasteiger partial charge in [0.15, 0.2) is 0 Å². The fourth-order valence-corrected chi connectivity index (χ4v) is 6.84. The van der Waals surface area contributed by atoms with E-state index in [1.54, 1.807) is 0 Å². The van der Waals surface area contributed by atoms with E-state index in [4.69, 9.17) is 9.72 Å². The third-order valence-electron chi connectivity index (χ3n) is 7.49. The molecule has 2 atom stereocenters. The van der Waals surface area contributed by atoms with Gasteiger partial charge in [-0.15, -0.1) is 0 Å². The number of likely N-dealkylation sites (N-methyl/N-ethyl adjacent to an activating group) is 1. The molecule has 0 amide bonds. The van der Waals surface area contributed by atoms with Crippen molar-refractivity contribution in [2.45, 2.75) is 24.4 Å². The van der Waals surface area contributed by atoms with Crippen LogP contribution in [0.15, 0.2) is 53.4 Å². The van der Waals surface area contributed by atoms with Crippen LogP contribution in [-0.2, 0) is 22.1 Å². The van der Waals surface area contributed by atoms with Crippen molar-refractivity contribution in [1.29, 1.82) is 0 Å². The molecule has 2 unspecified atom stereocenters. The highest BCUT2D eigenvalue weighted by atomic mass is 32.2. The quantitative estimate of drug-likeness (QED) is 0.646. The minimum Gasteiger partial charge on any atom is -0.380 e. The second-order valence-electron chi connectivity index (χ2n) is 9.68. The molecular weight excluding hydrogens is 432 g/mol. The number of benzene rings is 2. The first kappa shape index (κ1) is 21.1. The van der Waals surface area contributed by atoms with Crippen LogP contribution in [0, 0.1) is 12.3 Å². The van der Waals surface area contributed by atoms with Gasteiger partial charge >= 0.3 is 0 Å². The van der Waals surface area contributed by atoms with Gasteiger partial charge in [-0.3, -0.25) is 4.21 Å². The van der Waals surface area contributed by atoms with Gasteiger partial charge in [-0.05, 0) is 37.7 Å². The molecular formula is C26H30N4O2S. The van der Waals surface area contributed by atoms with Gasteiger partial charge in [-0.1, -0.05) is 29.8 Å². The summed E-state index contributed by atoms with van der Waals surface area (Å²) in [5, 5.41) is 4.74. The van der Waals surface area contributed by atoms with Crippen molar-refractivity contribution in [3.63, 3.8) is 0 Å². The predicted molar refractivity (Wildman–Crippen MR) is 134 cm³/mol. The minimum absolute atomic E-state index is 0.187. The number of hydrogen-bond acceptors (Lipinski definition) is 6. The number of fused-ring (bicyclic) bond motifs is 2. The van der Waals surface area contributed by atoms with Crippen LogP contribution in [0.1, 0.15) is 11.1 Å². The molecule has 0 aliphatic carbocycles. The molecule has 33 heavy (non-hydrogen) atoms. The molecule has 0 saturated carbocycles. The Hall–Kier alpha value is -2.48. The molecule has 2 saturated heterocycles. The molecule has 4 heterocycles. The standard InChI is InChI=1S/C26H30N4O2S/c1-18-7-8-21-20(11-18)22(30-14-24(27-2)26(15-30)16-32-17-26)12-25(28-21)29-9-10-33(31)23-6-4-3-5-19(23)13-29/h3-8,11-12,24,27H,9-10,13-17H2,1-2H3. The Labute approximate surface area is 197 Å². The maximum absolute atomic E-state index is 12.8. The zero-order valence-corrected chi connectivity index (χ0v) is 20.0. The van der Waals surface area contributed by atoms with E-state index in [0.29, 0.717) is 11.8 Å². The SMILES string of the molecule is CNC1CN(c2cc(N3CCS(=O)c4ccccc4C3)nc3ccc(C)cc23)CC12COC2. The number of nitrogens with one attached hydrogen (secondary N) is 1. The van der Waals surface area contributed by atoms with Crippen molar-refractivity contribution in [3.05, 3.63) is 59.7 Å². The van der Waals surface area contributed by atoms with Gasteiger partial charge in [0.25, 0.3) is 0 Å². The van der Waals surface area contributed by atoms with Crippen molar-refractivity contribution in [1.82, 2.24) is 10.3 Å². The van der Waals surface area contributed by atoms with E-state index in [-0.39, 0.29) is 5.41 Å². The third-order valence-corrected chi connectivity index (χ3v) is 8.94. The summed E-state index contributed by atoms with van der Waals surface area (Å²) in [4.78, 5) is 10.8. The highest BCUT2D eigenvalue weighted by Gasteiger charge is 2.51. The lowest BCUT2D eigenvalue weighted by molar-refractivity contribution is -0.111. The number of ether oxygens (including phenoxy) is 1. The number of anilines is 2. The van der Waals surface area contributed by atoms with Crippen LogP contribution in [0.2, 0.25) is 0 Å². The molecule has 6 nitrogen and oxygen atoms in total. The van der Waals surface area contributed by atoms with Crippen molar-refractivity contribution >= 4 is 33.2 Å². The van der Waals surface area contributed by atoms with Crippen LogP contribution in [0.25, 0.3) is 10.9 Å². The first-order valence-electron chi connectivity index (χ1n) is 11.7. The average Bonchev–Trinajstić information content (AvgIpc) is 3.13. The molecule has 1 N–H and O–H groups in total. The lowest BCUT2D eigenvalue weighted by atomic mass is 9.81. The normalized spacial score (nSPS) is 24.1. The van der Waals surface area contributed by atoms with Crippen LogP contribution in [-0.4, -0.2) is 60.9 Å². The van der Waals surface area contributed by atoms with Gasteiger partial charge in [-0.25, -0.2) is 4.98 Å². The molecule has 0 radical (unpaired) electrons.